The third-order valence-corrected chi connectivity index (χ3v) is 6.05. The van der Waals surface area contributed by atoms with Gasteiger partial charge < -0.3 is 9.64 Å². The van der Waals surface area contributed by atoms with Crippen molar-refractivity contribution >= 4 is 23.7 Å². The lowest BCUT2D eigenvalue weighted by molar-refractivity contribution is -0.135. The highest BCUT2D eigenvalue weighted by molar-refractivity contribution is 8.00. The third-order valence-electron chi connectivity index (χ3n) is 5.33. The van der Waals surface area contributed by atoms with Crippen LogP contribution in [0, 0.1) is 0 Å². The fraction of sp³-hybridized carbons (Fsp3) is 0.348. The van der Waals surface area contributed by atoms with Crippen molar-refractivity contribution in [3.63, 3.8) is 0 Å². The van der Waals surface area contributed by atoms with Gasteiger partial charge in [0.1, 0.15) is 11.4 Å². The predicted octanol–water partition coefficient (Wildman–Crippen LogP) is 5.15. The Bertz CT molecular complexity index is 1010. The van der Waals surface area contributed by atoms with E-state index in [1.165, 1.54) is 12.1 Å². The number of halogens is 3. The summed E-state index contributed by atoms with van der Waals surface area (Å²) in [4.78, 5) is 16.9. The molecule has 0 aromatic heterocycles. The number of benzene rings is 2. The van der Waals surface area contributed by atoms with Gasteiger partial charge in [-0.25, -0.2) is 0 Å². The molecule has 164 valence electrons. The smallest absolute Gasteiger partial charge is 0.446 e. The van der Waals surface area contributed by atoms with E-state index in [0.717, 1.165) is 5.56 Å². The standard InChI is InChI=1S/C23H23F3N2O2S/c1-22(2)20(13-17-12-18(31-23(24,25)26)8-9-19(17)30-22)28-11-10-27(15-21(28)29)14-16-6-4-3-5-7-16/h3-9,12-13H,10-11,14-15H2,1-2H3. The topological polar surface area (TPSA) is 32.8 Å². The number of carbonyl (C=O) groups excluding carboxylic acids is 1. The average Bonchev–Trinajstić information content (AvgIpc) is 2.67. The van der Waals surface area contributed by atoms with Gasteiger partial charge >= 0.3 is 5.51 Å². The van der Waals surface area contributed by atoms with Crippen LogP contribution in [0.25, 0.3) is 6.08 Å². The average molecular weight is 449 g/mol. The highest BCUT2D eigenvalue weighted by Gasteiger charge is 2.38. The number of carbonyl (C=O) groups is 1. The molecule has 0 atom stereocenters. The molecule has 31 heavy (non-hydrogen) atoms. The van der Waals surface area contributed by atoms with Crippen LogP contribution >= 0.6 is 11.8 Å². The van der Waals surface area contributed by atoms with Gasteiger partial charge in [0.25, 0.3) is 0 Å². The first-order chi connectivity index (χ1) is 14.6. The minimum atomic E-state index is -4.36. The molecule has 1 saturated heterocycles. The van der Waals surface area contributed by atoms with Crippen LogP contribution in [0.4, 0.5) is 13.2 Å². The van der Waals surface area contributed by atoms with E-state index in [1.807, 2.05) is 44.2 Å². The molecule has 0 bridgehead atoms. The highest BCUT2D eigenvalue weighted by atomic mass is 32.2. The molecule has 4 rings (SSSR count). The second-order valence-electron chi connectivity index (χ2n) is 8.13. The van der Waals surface area contributed by atoms with E-state index in [1.54, 1.807) is 17.0 Å². The maximum absolute atomic E-state index is 13.0. The van der Waals surface area contributed by atoms with Gasteiger partial charge in [-0.15, -0.1) is 0 Å². The van der Waals surface area contributed by atoms with E-state index in [0.29, 0.717) is 36.6 Å². The summed E-state index contributed by atoms with van der Waals surface area (Å²) < 4.78 is 44.4. The maximum atomic E-state index is 13.0. The van der Waals surface area contributed by atoms with Crippen LogP contribution in [-0.4, -0.2) is 46.5 Å². The molecule has 4 nitrogen and oxygen atoms in total. The Labute approximate surface area is 183 Å². The number of rotatable bonds is 4. The molecule has 2 aromatic rings. The monoisotopic (exact) mass is 448 g/mol. The molecular weight excluding hydrogens is 425 g/mol. The van der Waals surface area contributed by atoms with Gasteiger partial charge in [-0.1, -0.05) is 30.3 Å². The number of amides is 1. The Balaban J connectivity index is 1.54. The van der Waals surface area contributed by atoms with Gasteiger partial charge in [-0.2, -0.15) is 13.2 Å². The molecule has 0 aliphatic carbocycles. The first-order valence-corrected chi connectivity index (χ1v) is 10.8. The molecule has 0 N–H and O–H groups in total. The lowest BCUT2D eigenvalue weighted by Crippen LogP contribution is -2.53. The molecule has 8 heteroatoms. The molecule has 0 saturated carbocycles. The van der Waals surface area contributed by atoms with Gasteiger partial charge in [-0.05, 0) is 55.4 Å². The zero-order valence-electron chi connectivity index (χ0n) is 17.3. The lowest BCUT2D eigenvalue weighted by atomic mass is 9.96. The molecular formula is C23H23F3N2O2S. The molecule has 0 radical (unpaired) electrons. The van der Waals surface area contributed by atoms with Crippen molar-refractivity contribution in [1.29, 1.82) is 0 Å². The van der Waals surface area contributed by atoms with Crippen molar-refractivity contribution < 1.29 is 22.7 Å². The van der Waals surface area contributed by atoms with Crippen LogP contribution < -0.4 is 4.74 Å². The van der Waals surface area contributed by atoms with Gasteiger partial charge in [0, 0.05) is 30.1 Å². The zero-order chi connectivity index (χ0) is 22.2. The lowest BCUT2D eigenvalue weighted by Gasteiger charge is -2.43. The van der Waals surface area contributed by atoms with Crippen molar-refractivity contribution in [3.8, 4) is 5.75 Å². The summed E-state index contributed by atoms with van der Waals surface area (Å²) in [5, 5.41) is 0. The van der Waals surface area contributed by atoms with Gasteiger partial charge in [0.15, 0.2) is 0 Å². The normalized spacial score (nSPS) is 18.9. The summed E-state index contributed by atoms with van der Waals surface area (Å²) in [5.41, 5.74) is -2.78. The van der Waals surface area contributed by atoms with Crippen LogP contribution in [0.1, 0.15) is 25.0 Å². The molecule has 2 aromatic carbocycles. The SMILES string of the molecule is CC1(C)Oc2ccc(SC(F)(F)F)cc2C=C1N1CCN(Cc2ccccc2)CC1=O. The van der Waals surface area contributed by atoms with E-state index in [9.17, 15) is 18.0 Å². The van der Waals surface area contributed by atoms with Gasteiger partial charge in [-0.3, -0.25) is 9.69 Å². The predicted molar refractivity (Wildman–Crippen MR) is 114 cm³/mol. The molecule has 2 aliphatic heterocycles. The fourth-order valence-corrected chi connectivity index (χ4v) is 4.52. The summed E-state index contributed by atoms with van der Waals surface area (Å²) in [6.45, 7) is 5.90. The summed E-state index contributed by atoms with van der Waals surface area (Å²) in [6, 6.07) is 14.4. The van der Waals surface area contributed by atoms with Crippen LogP contribution in [0.5, 0.6) is 5.75 Å². The third kappa shape index (κ3) is 5.07. The Morgan fingerprint density at radius 3 is 2.52 bits per heavy atom. The molecule has 0 unspecified atom stereocenters. The molecule has 2 aliphatic rings. The first kappa shape index (κ1) is 21.8. The summed E-state index contributed by atoms with van der Waals surface area (Å²) in [6.07, 6.45) is 1.78. The van der Waals surface area contributed by atoms with E-state index in [2.05, 4.69) is 4.90 Å². The largest absolute Gasteiger partial charge is 0.481 e. The van der Waals surface area contributed by atoms with Crippen LogP contribution in [0.15, 0.2) is 59.1 Å². The van der Waals surface area contributed by atoms with Crippen molar-refractivity contribution in [2.75, 3.05) is 19.6 Å². The Hall–Kier alpha value is -2.45. The summed E-state index contributed by atoms with van der Waals surface area (Å²) >= 11 is -0.160. The minimum absolute atomic E-state index is 0.0469. The van der Waals surface area contributed by atoms with E-state index in [4.69, 9.17) is 4.74 Å². The number of ether oxygens (including phenoxy) is 1. The Morgan fingerprint density at radius 2 is 1.84 bits per heavy atom. The number of hydrogen-bond donors (Lipinski definition) is 0. The van der Waals surface area contributed by atoms with Gasteiger partial charge in [0.2, 0.25) is 5.91 Å². The Morgan fingerprint density at radius 1 is 1.10 bits per heavy atom. The second kappa shape index (κ2) is 8.24. The second-order valence-corrected chi connectivity index (χ2v) is 9.27. The molecule has 1 amide bonds. The number of piperazine rings is 1. The first-order valence-electron chi connectivity index (χ1n) is 9.98. The van der Waals surface area contributed by atoms with E-state index in [-0.39, 0.29) is 29.1 Å². The van der Waals surface area contributed by atoms with E-state index >= 15 is 0 Å². The Kier molecular flexibility index (Phi) is 5.79. The maximum Gasteiger partial charge on any atom is 0.446 e. The van der Waals surface area contributed by atoms with Crippen molar-refractivity contribution in [1.82, 2.24) is 9.80 Å². The van der Waals surface area contributed by atoms with Crippen LogP contribution in [0.3, 0.4) is 0 Å². The quantitative estimate of drug-likeness (QED) is 0.606. The highest BCUT2D eigenvalue weighted by Crippen LogP contribution is 2.42. The summed E-state index contributed by atoms with van der Waals surface area (Å²) in [7, 11) is 0. The molecule has 0 spiro atoms. The number of thioether (sulfide) groups is 1. The van der Waals surface area contributed by atoms with Gasteiger partial charge in [0.05, 0.1) is 12.2 Å². The van der Waals surface area contributed by atoms with Crippen molar-refractivity contribution in [2.45, 2.75) is 36.4 Å². The zero-order valence-corrected chi connectivity index (χ0v) is 18.1. The van der Waals surface area contributed by atoms with Crippen molar-refractivity contribution in [2.24, 2.45) is 0 Å². The van der Waals surface area contributed by atoms with Crippen LogP contribution in [0.2, 0.25) is 0 Å². The molecule has 1 fully saturated rings. The number of hydrogen-bond acceptors (Lipinski definition) is 4. The number of nitrogens with zero attached hydrogens (tertiary/aromatic N) is 2. The van der Waals surface area contributed by atoms with E-state index < -0.39 is 11.1 Å². The fourth-order valence-electron chi connectivity index (χ4n) is 3.93. The van der Waals surface area contributed by atoms with Crippen molar-refractivity contribution in [3.05, 3.63) is 65.4 Å². The summed E-state index contributed by atoms with van der Waals surface area (Å²) in [5.74, 6) is 0.463. The van der Waals surface area contributed by atoms with Crippen LogP contribution in [-0.2, 0) is 11.3 Å². The number of alkyl halides is 3. The molecule has 2 heterocycles. The minimum Gasteiger partial charge on any atom is -0.481 e. The number of fused-ring (bicyclic) bond motifs is 1.